The van der Waals surface area contributed by atoms with Gasteiger partial charge in [0, 0.05) is 36.9 Å². The number of primary amides is 1. The van der Waals surface area contributed by atoms with Gasteiger partial charge in [-0.05, 0) is 24.1 Å². The molecule has 38 heavy (non-hydrogen) atoms. The topological polar surface area (TPSA) is 243 Å². The average Bonchev–Trinajstić information content (AvgIpc) is 3.38. The average molecular weight is 550 g/mol. The Balaban J connectivity index is 2.26. The third-order valence-electron chi connectivity index (χ3n) is 5.46. The largest absolute Gasteiger partial charge is 0.508 e. The van der Waals surface area contributed by atoms with E-state index in [0.717, 1.165) is 0 Å². The molecule has 0 aliphatic heterocycles. The maximum Gasteiger partial charge on any atom is 0.327 e. The minimum Gasteiger partial charge on any atom is -0.508 e. The molecule has 0 saturated carbocycles. The summed E-state index contributed by atoms with van der Waals surface area (Å²) in [6, 6.07) is 1.01. The van der Waals surface area contributed by atoms with Crippen molar-refractivity contribution in [3.63, 3.8) is 0 Å². The minimum absolute atomic E-state index is 0.000674. The van der Waals surface area contributed by atoms with Crippen LogP contribution in [0.2, 0.25) is 0 Å². The molecule has 0 aliphatic rings. The summed E-state index contributed by atoms with van der Waals surface area (Å²) in [5.74, 6) is -4.40. The van der Waals surface area contributed by atoms with E-state index >= 15 is 0 Å². The van der Waals surface area contributed by atoms with Crippen LogP contribution in [0.15, 0.2) is 36.8 Å². The van der Waals surface area contributed by atoms with Crippen LogP contribution in [0.1, 0.15) is 24.1 Å². The molecule has 0 fully saturated rings. The molecule has 1 heterocycles. The number of rotatable bonds is 15. The lowest BCUT2D eigenvalue weighted by Crippen LogP contribution is -2.58. The van der Waals surface area contributed by atoms with Crippen LogP contribution < -0.4 is 27.4 Å². The fraction of sp³-hybridized carbons (Fsp3) is 0.391. The van der Waals surface area contributed by atoms with Gasteiger partial charge in [-0.1, -0.05) is 12.1 Å². The molecule has 0 saturated heterocycles. The number of carboxylic acids is 1. The van der Waals surface area contributed by atoms with Crippen molar-refractivity contribution in [3.8, 4) is 5.75 Å². The van der Waals surface area contributed by atoms with Gasteiger partial charge in [0.15, 0.2) is 0 Å². The summed E-state index contributed by atoms with van der Waals surface area (Å²) >= 11 is 3.93. The zero-order valence-corrected chi connectivity index (χ0v) is 21.2. The zero-order chi connectivity index (χ0) is 28.2. The lowest BCUT2D eigenvalue weighted by atomic mass is 10.0. The molecule has 15 heteroatoms. The number of carbonyl (C=O) groups is 5. The number of benzene rings is 1. The van der Waals surface area contributed by atoms with Crippen molar-refractivity contribution in [1.82, 2.24) is 25.9 Å². The van der Waals surface area contributed by atoms with Crippen molar-refractivity contribution in [2.75, 3.05) is 5.75 Å². The number of aliphatic carboxylic acids is 1. The first-order chi connectivity index (χ1) is 18.0. The molecular formula is C23H31N7O7S. The number of H-pyrrole nitrogens is 1. The second kappa shape index (κ2) is 14.6. The minimum atomic E-state index is -1.30. The van der Waals surface area contributed by atoms with Crippen LogP contribution in [0.4, 0.5) is 0 Å². The number of nitrogens with one attached hydrogen (secondary N) is 4. The summed E-state index contributed by atoms with van der Waals surface area (Å²) in [7, 11) is 0. The van der Waals surface area contributed by atoms with Crippen molar-refractivity contribution < 1.29 is 34.2 Å². The summed E-state index contributed by atoms with van der Waals surface area (Å²) in [5, 5.41) is 26.2. The van der Waals surface area contributed by atoms with Crippen molar-refractivity contribution >= 4 is 42.2 Å². The molecule has 4 amide bonds. The Labute approximate surface area is 223 Å². The Kier molecular flexibility index (Phi) is 11.6. The predicted octanol–water partition coefficient (Wildman–Crippen LogP) is -2.04. The van der Waals surface area contributed by atoms with E-state index in [1.807, 2.05) is 0 Å². The van der Waals surface area contributed by atoms with Gasteiger partial charge in [-0.2, -0.15) is 12.6 Å². The first-order valence-corrected chi connectivity index (χ1v) is 12.2. The van der Waals surface area contributed by atoms with Gasteiger partial charge in [0.2, 0.25) is 23.6 Å². The molecule has 0 radical (unpaired) electrons. The molecule has 4 atom stereocenters. The molecule has 2 rings (SSSR count). The number of phenolic OH excluding ortho intramolecular Hbond substituents is 1. The summed E-state index contributed by atoms with van der Waals surface area (Å²) < 4.78 is 0. The lowest BCUT2D eigenvalue weighted by Gasteiger charge is -2.25. The zero-order valence-electron chi connectivity index (χ0n) is 20.3. The van der Waals surface area contributed by atoms with E-state index in [1.165, 1.54) is 24.7 Å². The molecule has 206 valence electrons. The van der Waals surface area contributed by atoms with Gasteiger partial charge in [-0.15, -0.1) is 0 Å². The highest BCUT2D eigenvalue weighted by atomic mass is 32.1. The van der Waals surface area contributed by atoms with Crippen LogP contribution in [-0.4, -0.2) is 79.7 Å². The number of hydrogen-bond donors (Lipinski definition) is 9. The Morgan fingerprint density at radius 2 is 1.53 bits per heavy atom. The van der Waals surface area contributed by atoms with Gasteiger partial charge in [-0.25, -0.2) is 9.78 Å². The second-order valence-corrected chi connectivity index (χ2v) is 8.83. The third-order valence-corrected chi connectivity index (χ3v) is 5.82. The quantitative estimate of drug-likeness (QED) is 0.111. The van der Waals surface area contributed by atoms with Crippen LogP contribution in [-0.2, 0) is 36.8 Å². The highest BCUT2D eigenvalue weighted by Crippen LogP contribution is 2.12. The summed E-state index contributed by atoms with van der Waals surface area (Å²) in [5.41, 5.74) is 12.0. The number of aromatic nitrogens is 2. The van der Waals surface area contributed by atoms with Gasteiger partial charge in [0.05, 0.1) is 12.4 Å². The predicted molar refractivity (Wildman–Crippen MR) is 138 cm³/mol. The van der Waals surface area contributed by atoms with E-state index < -0.39 is 53.8 Å². The molecule has 1 aromatic carbocycles. The third kappa shape index (κ3) is 9.74. The number of phenols is 1. The molecule has 0 spiro atoms. The van der Waals surface area contributed by atoms with E-state index in [2.05, 4.69) is 38.5 Å². The molecule has 1 aromatic heterocycles. The fourth-order valence-electron chi connectivity index (χ4n) is 3.34. The summed E-state index contributed by atoms with van der Waals surface area (Å²) in [6.45, 7) is 0. The summed E-state index contributed by atoms with van der Waals surface area (Å²) in [6.07, 6.45) is 2.54. The van der Waals surface area contributed by atoms with E-state index in [4.69, 9.17) is 11.5 Å². The molecule has 0 aliphatic carbocycles. The number of aromatic amines is 1. The highest BCUT2D eigenvalue weighted by molar-refractivity contribution is 7.80. The lowest BCUT2D eigenvalue weighted by molar-refractivity contribution is -0.141. The second-order valence-electron chi connectivity index (χ2n) is 8.47. The van der Waals surface area contributed by atoms with Crippen LogP contribution in [0.5, 0.6) is 5.75 Å². The number of nitrogens with two attached hydrogens (primary N) is 2. The SMILES string of the molecule is NC(=O)CCC(N)C(=O)NC(Cc1ccc(O)cc1)C(=O)NC(Cc1cnc[nH]1)C(=O)NC(CS)C(=O)O. The Morgan fingerprint density at radius 1 is 0.947 bits per heavy atom. The number of carboxylic acid groups (broad SMARTS) is 1. The molecule has 0 bridgehead atoms. The number of thiol groups is 1. The van der Waals surface area contributed by atoms with Gasteiger partial charge >= 0.3 is 5.97 Å². The van der Waals surface area contributed by atoms with Crippen LogP contribution in [0.3, 0.4) is 0 Å². The standard InChI is InChI=1S/C23H31N7O7S/c24-15(5-6-19(25)32)20(33)28-16(7-12-1-3-14(31)4-2-12)21(34)29-17(8-13-9-26-11-27-13)22(35)30-18(10-38)23(36)37/h1-4,9,11,15-18,31,38H,5-8,10,24H2,(H2,25,32)(H,26,27)(H,28,33)(H,29,34)(H,30,35)(H,36,37). The van der Waals surface area contributed by atoms with Crippen molar-refractivity contribution in [2.45, 2.75) is 49.9 Å². The van der Waals surface area contributed by atoms with Crippen molar-refractivity contribution in [3.05, 3.63) is 48.0 Å². The number of imidazole rings is 1. The molecular weight excluding hydrogens is 518 g/mol. The monoisotopic (exact) mass is 549 g/mol. The number of carbonyl (C=O) groups excluding carboxylic acids is 4. The van der Waals surface area contributed by atoms with Crippen molar-refractivity contribution in [2.24, 2.45) is 11.5 Å². The van der Waals surface area contributed by atoms with E-state index in [9.17, 15) is 34.2 Å². The van der Waals surface area contributed by atoms with Gasteiger partial charge in [-0.3, -0.25) is 19.2 Å². The first kappa shape index (κ1) is 30.1. The van der Waals surface area contributed by atoms with E-state index in [0.29, 0.717) is 11.3 Å². The molecule has 2 aromatic rings. The Bertz CT molecular complexity index is 1110. The molecule has 10 N–H and O–H groups in total. The van der Waals surface area contributed by atoms with Crippen LogP contribution >= 0.6 is 12.6 Å². The smallest absolute Gasteiger partial charge is 0.327 e. The van der Waals surface area contributed by atoms with Crippen LogP contribution in [0, 0.1) is 0 Å². The Morgan fingerprint density at radius 3 is 2.05 bits per heavy atom. The van der Waals surface area contributed by atoms with E-state index in [-0.39, 0.29) is 37.2 Å². The maximum atomic E-state index is 13.3. The van der Waals surface area contributed by atoms with Gasteiger partial charge in [0.1, 0.15) is 23.9 Å². The first-order valence-electron chi connectivity index (χ1n) is 11.5. The number of aromatic hydroxyl groups is 1. The molecule has 4 unspecified atom stereocenters. The maximum absolute atomic E-state index is 13.3. The van der Waals surface area contributed by atoms with Crippen LogP contribution in [0.25, 0.3) is 0 Å². The van der Waals surface area contributed by atoms with Gasteiger partial charge < -0.3 is 42.6 Å². The number of nitrogens with zero attached hydrogens (tertiary/aromatic N) is 1. The van der Waals surface area contributed by atoms with E-state index in [1.54, 1.807) is 12.1 Å². The van der Waals surface area contributed by atoms with Crippen molar-refractivity contribution in [1.29, 1.82) is 0 Å². The number of amides is 4. The number of hydrogen-bond acceptors (Lipinski definition) is 9. The highest BCUT2D eigenvalue weighted by Gasteiger charge is 2.30. The summed E-state index contributed by atoms with van der Waals surface area (Å²) in [4.78, 5) is 68.1. The molecule has 14 nitrogen and oxygen atoms in total. The van der Waals surface area contributed by atoms with Gasteiger partial charge in [0.25, 0.3) is 0 Å². The Hall–Kier alpha value is -4.11. The fourth-order valence-corrected chi connectivity index (χ4v) is 3.59. The normalized spacial score (nSPS) is 13.9.